The summed E-state index contributed by atoms with van der Waals surface area (Å²) in [6.45, 7) is 0. The maximum absolute atomic E-state index is 10.5. The van der Waals surface area contributed by atoms with E-state index in [0.29, 0.717) is 5.57 Å². The largest absolute Gasteiger partial charge is 0.512 e. The van der Waals surface area contributed by atoms with Crippen LogP contribution in [0.4, 0.5) is 0 Å². The Labute approximate surface area is 86.0 Å². The zero-order valence-corrected chi connectivity index (χ0v) is 7.92. The summed E-state index contributed by atoms with van der Waals surface area (Å²) in [5, 5.41) is 36.2. The number of aliphatic carboxylic acids is 1. The SMILES string of the molecule is NC(CC1=C(O)CC(O)(O)C=C1)C(=O)O. The van der Waals surface area contributed by atoms with Gasteiger partial charge in [-0.25, -0.2) is 0 Å². The first-order valence-corrected chi connectivity index (χ1v) is 4.35. The van der Waals surface area contributed by atoms with Gasteiger partial charge in [-0.1, -0.05) is 6.08 Å². The predicted molar refractivity (Wildman–Crippen MR) is 50.8 cm³/mol. The Kier molecular flexibility index (Phi) is 3.13. The minimum absolute atomic E-state index is 0.0479. The van der Waals surface area contributed by atoms with Crippen LogP contribution in [0.1, 0.15) is 12.8 Å². The van der Waals surface area contributed by atoms with Gasteiger partial charge in [0.2, 0.25) is 0 Å². The molecular weight excluding hydrogens is 202 g/mol. The molecule has 0 aromatic carbocycles. The van der Waals surface area contributed by atoms with Crippen molar-refractivity contribution in [2.45, 2.75) is 24.7 Å². The number of aliphatic hydroxyl groups is 3. The third-order valence-electron chi connectivity index (χ3n) is 2.11. The fourth-order valence-corrected chi connectivity index (χ4v) is 1.26. The molecule has 15 heavy (non-hydrogen) atoms. The van der Waals surface area contributed by atoms with Gasteiger partial charge in [0.05, 0.1) is 6.42 Å². The Balaban J connectivity index is 2.73. The Morgan fingerprint density at radius 1 is 1.60 bits per heavy atom. The third-order valence-corrected chi connectivity index (χ3v) is 2.11. The lowest BCUT2D eigenvalue weighted by Crippen LogP contribution is -2.32. The number of carboxylic acids is 1. The van der Waals surface area contributed by atoms with Crippen LogP contribution in [0, 0.1) is 0 Å². The van der Waals surface area contributed by atoms with Crippen LogP contribution >= 0.6 is 0 Å². The first-order valence-electron chi connectivity index (χ1n) is 4.35. The molecule has 1 unspecified atom stereocenters. The van der Waals surface area contributed by atoms with Crippen LogP contribution in [0.25, 0.3) is 0 Å². The molecule has 0 amide bonds. The van der Waals surface area contributed by atoms with E-state index in [0.717, 1.165) is 6.08 Å². The molecule has 0 fully saturated rings. The molecule has 0 bridgehead atoms. The zero-order valence-electron chi connectivity index (χ0n) is 7.92. The van der Waals surface area contributed by atoms with Gasteiger partial charge in [0.25, 0.3) is 0 Å². The van der Waals surface area contributed by atoms with Gasteiger partial charge in [-0.05, 0) is 11.6 Å². The van der Waals surface area contributed by atoms with Crippen LogP contribution < -0.4 is 5.73 Å². The molecule has 1 aliphatic rings. The minimum Gasteiger partial charge on any atom is -0.512 e. The summed E-state index contributed by atoms with van der Waals surface area (Å²) in [7, 11) is 0. The summed E-state index contributed by atoms with van der Waals surface area (Å²) in [5.74, 6) is -3.49. The zero-order chi connectivity index (χ0) is 11.6. The first-order chi connectivity index (χ1) is 6.82. The van der Waals surface area contributed by atoms with Crippen molar-refractivity contribution in [3.05, 3.63) is 23.5 Å². The molecule has 6 N–H and O–H groups in total. The van der Waals surface area contributed by atoms with Crippen LogP contribution in [0.5, 0.6) is 0 Å². The average molecular weight is 215 g/mol. The van der Waals surface area contributed by atoms with E-state index in [9.17, 15) is 9.90 Å². The van der Waals surface area contributed by atoms with Crippen molar-refractivity contribution in [1.82, 2.24) is 0 Å². The second kappa shape index (κ2) is 4.01. The number of carboxylic acid groups (broad SMARTS) is 1. The van der Waals surface area contributed by atoms with Gasteiger partial charge >= 0.3 is 5.97 Å². The van der Waals surface area contributed by atoms with Crippen molar-refractivity contribution in [3.63, 3.8) is 0 Å². The molecule has 0 saturated carbocycles. The lowest BCUT2D eigenvalue weighted by molar-refractivity contribution is -0.138. The summed E-state index contributed by atoms with van der Waals surface area (Å²) in [5.41, 5.74) is 5.58. The summed E-state index contributed by atoms with van der Waals surface area (Å²) < 4.78 is 0. The number of hydrogen-bond acceptors (Lipinski definition) is 5. The number of allylic oxidation sites excluding steroid dienone is 1. The van der Waals surface area contributed by atoms with Crippen LogP contribution in [-0.4, -0.2) is 38.2 Å². The van der Waals surface area contributed by atoms with Crippen LogP contribution in [0.2, 0.25) is 0 Å². The van der Waals surface area contributed by atoms with Gasteiger partial charge in [-0.2, -0.15) is 0 Å². The van der Waals surface area contributed by atoms with Crippen molar-refractivity contribution in [2.24, 2.45) is 5.73 Å². The summed E-state index contributed by atoms with van der Waals surface area (Å²) >= 11 is 0. The fraction of sp³-hybridized carbons (Fsp3) is 0.444. The summed E-state index contributed by atoms with van der Waals surface area (Å²) in [4.78, 5) is 10.5. The average Bonchev–Trinajstić information content (AvgIpc) is 2.08. The summed E-state index contributed by atoms with van der Waals surface area (Å²) in [6.07, 6.45) is 1.94. The van der Waals surface area contributed by atoms with Crippen molar-refractivity contribution < 1.29 is 25.2 Å². The van der Waals surface area contributed by atoms with E-state index in [1.807, 2.05) is 0 Å². The number of carbonyl (C=O) groups is 1. The normalized spacial score (nSPS) is 21.5. The van der Waals surface area contributed by atoms with E-state index in [1.165, 1.54) is 6.08 Å². The smallest absolute Gasteiger partial charge is 0.320 e. The van der Waals surface area contributed by atoms with Crippen LogP contribution in [-0.2, 0) is 4.79 Å². The molecular formula is C9H13NO5. The van der Waals surface area contributed by atoms with Gasteiger partial charge in [0.15, 0.2) is 5.79 Å². The van der Waals surface area contributed by atoms with Crippen LogP contribution in [0.3, 0.4) is 0 Å². The van der Waals surface area contributed by atoms with Gasteiger partial charge in [-0.15, -0.1) is 0 Å². The van der Waals surface area contributed by atoms with Crippen molar-refractivity contribution in [3.8, 4) is 0 Å². The lowest BCUT2D eigenvalue weighted by atomic mass is 9.95. The third kappa shape index (κ3) is 3.05. The highest BCUT2D eigenvalue weighted by molar-refractivity contribution is 5.73. The molecule has 6 nitrogen and oxygen atoms in total. The number of hydrogen-bond donors (Lipinski definition) is 5. The topological polar surface area (TPSA) is 124 Å². The maximum Gasteiger partial charge on any atom is 0.320 e. The van der Waals surface area contributed by atoms with Crippen molar-refractivity contribution in [1.29, 1.82) is 0 Å². The van der Waals surface area contributed by atoms with E-state index in [1.54, 1.807) is 0 Å². The molecule has 0 aromatic heterocycles. The molecule has 0 saturated heterocycles. The van der Waals surface area contributed by atoms with Gasteiger partial charge in [0, 0.05) is 6.42 Å². The summed E-state index contributed by atoms with van der Waals surface area (Å²) in [6, 6.07) is -1.11. The molecule has 0 heterocycles. The van der Waals surface area contributed by atoms with E-state index in [4.69, 9.17) is 21.1 Å². The number of nitrogens with two attached hydrogens (primary N) is 1. The minimum atomic E-state index is -2.07. The van der Waals surface area contributed by atoms with Crippen molar-refractivity contribution >= 4 is 5.97 Å². The van der Waals surface area contributed by atoms with Crippen molar-refractivity contribution in [2.75, 3.05) is 0 Å². The highest BCUT2D eigenvalue weighted by Crippen LogP contribution is 2.25. The molecule has 0 aromatic rings. The first kappa shape index (κ1) is 11.7. The maximum atomic E-state index is 10.5. The Morgan fingerprint density at radius 2 is 2.20 bits per heavy atom. The highest BCUT2D eigenvalue weighted by Gasteiger charge is 2.27. The van der Waals surface area contributed by atoms with E-state index in [-0.39, 0.29) is 18.6 Å². The molecule has 1 aliphatic carbocycles. The second-order valence-electron chi connectivity index (χ2n) is 3.51. The molecule has 1 rings (SSSR count). The van der Waals surface area contributed by atoms with E-state index in [2.05, 4.69) is 0 Å². The Bertz CT molecular complexity index is 331. The molecule has 0 aliphatic heterocycles. The standard InChI is InChI=1S/C9H13NO5/c10-6(8(12)13)3-5-1-2-9(14,15)4-7(5)11/h1-2,6,11,14-15H,3-4,10H2,(H,12,13). The van der Waals surface area contributed by atoms with E-state index < -0.39 is 17.8 Å². The predicted octanol–water partition coefficient (Wildman–Crippen LogP) is -0.759. The lowest BCUT2D eigenvalue weighted by Gasteiger charge is -2.23. The molecule has 6 heteroatoms. The Morgan fingerprint density at radius 3 is 2.67 bits per heavy atom. The fourth-order valence-electron chi connectivity index (χ4n) is 1.26. The molecule has 84 valence electrons. The van der Waals surface area contributed by atoms with E-state index >= 15 is 0 Å². The van der Waals surface area contributed by atoms with Gasteiger partial charge in [-0.3, -0.25) is 4.79 Å². The van der Waals surface area contributed by atoms with Gasteiger partial charge in [0.1, 0.15) is 11.8 Å². The van der Waals surface area contributed by atoms with Crippen LogP contribution in [0.15, 0.2) is 23.5 Å². The Hall–Kier alpha value is -1.37. The number of rotatable bonds is 3. The highest BCUT2D eigenvalue weighted by atomic mass is 16.5. The molecule has 0 radical (unpaired) electrons. The number of aliphatic hydroxyl groups excluding tert-OH is 1. The quantitative estimate of drug-likeness (QED) is 0.394. The van der Waals surface area contributed by atoms with Gasteiger partial charge < -0.3 is 26.2 Å². The monoisotopic (exact) mass is 215 g/mol. The second-order valence-corrected chi connectivity index (χ2v) is 3.51. The molecule has 1 atom stereocenters. The molecule has 0 spiro atoms.